The Kier molecular flexibility index (Phi) is 5.27. The molecular formula is C9H13F3O2. The van der Waals surface area contributed by atoms with Crippen LogP contribution in [0.2, 0.25) is 0 Å². The molecule has 0 fully saturated rings. The molecule has 0 spiro atoms. The van der Waals surface area contributed by atoms with Gasteiger partial charge in [-0.05, 0) is 13.3 Å². The van der Waals surface area contributed by atoms with Crippen LogP contribution in [0, 0.1) is 0 Å². The van der Waals surface area contributed by atoms with Gasteiger partial charge < -0.3 is 4.74 Å². The normalized spacial score (nSPS) is 12.8. The van der Waals surface area contributed by atoms with Crippen molar-refractivity contribution in [2.75, 3.05) is 6.61 Å². The van der Waals surface area contributed by atoms with Crippen molar-refractivity contribution < 1.29 is 22.7 Å². The molecule has 14 heavy (non-hydrogen) atoms. The van der Waals surface area contributed by atoms with Crippen LogP contribution in [-0.4, -0.2) is 18.8 Å². The van der Waals surface area contributed by atoms with Gasteiger partial charge in [-0.15, -0.1) is 0 Å². The highest BCUT2D eigenvalue weighted by molar-refractivity contribution is 5.87. The Bertz CT molecular complexity index is 219. The van der Waals surface area contributed by atoms with E-state index >= 15 is 0 Å². The van der Waals surface area contributed by atoms with Crippen molar-refractivity contribution >= 4 is 5.97 Å². The lowest BCUT2D eigenvalue weighted by molar-refractivity contribution is -0.139. The summed E-state index contributed by atoms with van der Waals surface area (Å²) in [6, 6.07) is 0. The van der Waals surface area contributed by atoms with Gasteiger partial charge >= 0.3 is 12.1 Å². The van der Waals surface area contributed by atoms with Gasteiger partial charge in [0.15, 0.2) is 0 Å². The average molecular weight is 210 g/mol. The van der Waals surface area contributed by atoms with Crippen LogP contribution in [0.25, 0.3) is 0 Å². The van der Waals surface area contributed by atoms with Gasteiger partial charge in [-0.1, -0.05) is 13.3 Å². The first kappa shape index (κ1) is 13.0. The van der Waals surface area contributed by atoms with E-state index < -0.39 is 17.7 Å². The average Bonchev–Trinajstić information content (AvgIpc) is 2.01. The van der Waals surface area contributed by atoms with Crippen molar-refractivity contribution in [3.05, 3.63) is 11.6 Å². The second-order valence-electron chi connectivity index (χ2n) is 2.86. The molecule has 0 aromatic heterocycles. The summed E-state index contributed by atoms with van der Waals surface area (Å²) in [5.41, 5.74) is -0.423. The molecule has 0 rings (SSSR count). The number of alkyl halides is 3. The summed E-state index contributed by atoms with van der Waals surface area (Å²) in [7, 11) is 0. The summed E-state index contributed by atoms with van der Waals surface area (Å²) in [6.45, 7) is 3.15. The third-order valence-corrected chi connectivity index (χ3v) is 1.43. The Morgan fingerprint density at radius 1 is 1.43 bits per heavy atom. The van der Waals surface area contributed by atoms with Gasteiger partial charge in [0, 0.05) is 11.6 Å². The molecule has 2 nitrogen and oxygen atoms in total. The van der Waals surface area contributed by atoms with E-state index in [9.17, 15) is 18.0 Å². The number of ether oxygens (including phenoxy) is 1. The van der Waals surface area contributed by atoms with Crippen molar-refractivity contribution in [2.45, 2.75) is 32.9 Å². The highest BCUT2D eigenvalue weighted by Crippen LogP contribution is 2.18. The van der Waals surface area contributed by atoms with Crippen LogP contribution < -0.4 is 0 Å². The van der Waals surface area contributed by atoms with E-state index in [-0.39, 0.29) is 12.7 Å². The standard InChI is InChI=1S/C9H13F3O2/c1-3-4-5-14-8(13)7(2)6-9(10,11)12/h6H,3-5H2,1-2H3/b7-6+. The van der Waals surface area contributed by atoms with E-state index in [1.165, 1.54) is 0 Å². The molecule has 0 aliphatic heterocycles. The zero-order valence-corrected chi connectivity index (χ0v) is 8.15. The zero-order chi connectivity index (χ0) is 11.2. The van der Waals surface area contributed by atoms with Crippen molar-refractivity contribution in [2.24, 2.45) is 0 Å². The van der Waals surface area contributed by atoms with Gasteiger partial charge in [0.2, 0.25) is 0 Å². The topological polar surface area (TPSA) is 26.3 Å². The van der Waals surface area contributed by atoms with Crippen LogP contribution in [0.4, 0.5) is 13.2 Å². The third-order valence-electron chi connectivity index (χ3n) is 1.43. The molecule has 0 amide bonds. The van der Waals surface area contributed by atoms with Crippen molar-refractivity contribution in [3.8, 4) is 0 Å². The molecule has 0 aliphatic rings. The predicted octanol–water partition coefficient (Wildman–Crippen LogP) is 2.84. The van der Waals surface area contributed by atoms with E-state index in [1.54, 1.807) is 0 Å². The minimum atomic E-state index is -4.46. The number of esters is 1. The molecule has 0 aromatic carbocycles. The smallest absolute Gasteiger partial charge is 0.410 e. The quantitative estimate of drug-likeness (QED) is 0.405. The van der Waals surface area contributed by atoms with Gasteiger partial charge in [0.1, 0.15) is 0 Å². The van der Waals surface area contributed by atoms with Gasteiger partial charge in [0.25, 0.3) is 0 Å². The molecular weight excluding hydrogens is 197 g/mol. The minimum absolute atomic E-state index is 0.0543. The summed E-state index contributed by atoms with van der Waals surface area (Å²) in [4.78, 5) is 10.9. The Morgan fingerprint density at radius 3 is 2.43 bits per heavy atom. The lowest BCUT2D eigenvalue weighted by atomic mass is 10.3. The van der Waals surface area contributed by atoms with Crippen LogP contribution in [0.15, 0.2) is 11.6 Å². The van der Waals surface area contributed by atoms with Gasteiger partial charge in [-0.3, -0.25) is 0 Å². The summed E-state index contributed by atoms with van der Waals surface area (Å²) in [5.74, 6) is -0.907. The Hall–Kier alpha value is -1.00. The maximum absolute atomic E-state index is 11.8. The lowest BCUT2D eigenvalue weighted by Crippen LogP contribution is -2.11. The van der Waals surface area contributed by atoms with Crippen molar-refractivity contribution in [1.82, 2.24) is 0 Å². The molecule has 0 N–H and O–H groups in total. The fourth-order valence-corrected chi connectivity index (χ4v) is 0.727. The van der Waals surface area contributed by atoms with Gasteiger partial charge in [0.05, 0.1) is 6.61 Å². The number of carbonyl (C=O) groups excluding carboxylic acids is 1. The van der Waals surface area contributed by atoms with Gasteiger partial charge in [-0.25, -0.2) is 4.79 Å². The number of carbonyl (C=O) groups is 1. The summed E-state index contributed by atoms with van der Waals surface area (Å²) in [6.07, 6.45) is -3.03. The SMILES string of the molecule is CCCCOC(=O)/C(C)=C/C(F)(F)F. The molecule has 0 bridgehead atoms. The van der Waals surface area contributed by atoms with Crippen LogP contribution in [-0.2, 0) is 9.53 Å². The maximum Gasteiger partial charge on any atom is 0.410 e. The van der Waals surface area contributed by atoms with Crippen LogP contribution in [0.1, 0.15) is 26.7 Å². The van der Waals surface area contributed by atoms with E-state index in [0.29, 0.717) is 6.42 Å². The van der Waals surface area contributed by atoms with E-state index in [1.807, 2.05) is 6.92 Å². The Morgan fingerprint density at radius 2 is 2.00 bits per heavy atom. The second-order valence-corrected chi connectivity index (χ2v) is 2.86. The molecule has 0 unspecified atom stereocenters. The Labute approximate surface area is 80.7 Å². The molecule has 5 heteroatoms. The first-order valence-electron chi connectivity index (χ1n) is 4.30. The zero-order valence-electron chi connectivity index (χ0n) is 8.15. The number of allylic oxidation sites excluding steroid dienone is 1. The number of halogens is 3. The first-order valence-corrected chi connectivity index (χ1v) is 4.30. The fraction of sp³-hybridized carbons (Fsp3) is 0.667. The number of unbranched alkanes of at least 4 members (excludes halogenated alkanes) is 1. The molecule has 0 heterocycles. The van der Waals surface area contributed by atoms with Crippen LogP contribution in [0.5, 0.6) is 0 Å². The van der Waals surface area contributed by atoms with E-state index in [4.69, 9.17) is 0 Å². The third kappa shape index (κ3) is 6.51. The molecule has 0 aromatic rings. The number of hydrogen-bond acceptors (Lipinski definition) is 2. The first-order chi connectivity index (χ1) is 6.37. The van der Waals surface area contributed by atoms with Crippen molar-refractivity contribution in [1.29, 1.82) is 0 Å². The molecule has 0 saturated carbocycles. The number of hydrogen-bond donors (Lipinski definition) is 0. The molecule has 0 atom stereocenters. The largest absolute Gasteiger partial charge is 0.462 e. The fourth-order valence-electron chi connectivity index (χ4n) is 0.727. The van der Waals surface area contributed by atoms with E-state index in [2.05, 4.69) is 4.74 Å². The summed E-state index contributed by atoms with van der Waals surface area (Å²) in [5, 5.41) is 0. The second kappa shape index (κ2) is 5.67. The van der Waals surface area contributed by atoms with E-state index in [0.717, 1.165) is 13.3 Å². The van der Waals surface area contributed by atoms with Crippen LogP contribution in [0.3, 0.4) is 0 Å². The summed E-state index contributed by atoms with van der Waals surface area (Å²) < 4.78 is 39.9. The lowest BCUT2D eigenvalue weighted by Gasteiger charge is -2.05. The van der Waals surface area contributed by atoms with Crippen LogP contribution >= 0.6 is 0 Å². The minimum Gasteiger partial charge on any atom is -0.462 e. The summed E-state index contributed by atoms with van der Waals surface area (Å²) >= 11 is 0. The molecule has 0 saturated heterocycles. The monoisotopic (exact) mass is 210 g/mol. The molecule has 82 valence electrons. The molecule has 0 radical (unpaired) electrons. The predicted molar refractivity (Wildman–Crippen MR) is 45.7 cm³/mol. The highest BCUT2D eigenvalue weighted by Gasteiger charge is 2.25. The van der Waals surface area contributed by atoms with Gasteiger partial charge in [-0.2, -0.15) is 13.2 Å². The highest BCUT2D eigenvalue weighted by atomic mass is 19.4. The molecule has 0 aliphatic carbocycles. The number of rotatable bonds is 4. The maximum atomic E-state index is 11.8. The Balaban J connectivity index is 4.06. The van der Waals surface area contributed by atoms with Crippen molar-refractivity contribution in [3.63, 3.8) is 0 Å².